The fourth-order valence-electron chi connectivity index (χ4n) is 3.21. The van der Waals surface area contributed by atoms with Gasteiger partial charge in [-0.15, -0.1) is 15.3 Å². The lowest BCUT2D eigenvalue weighted by Crippen LogP contribution is -2.31. The van der Waals surface area contributed by atoms with Gasteiger partial charge in [0.1, 0.15) is 5.82 Å². The van der Waals surface area contributed by atoms with Crippen LogP contribution in [0.3, 0.4) is 0 Å². The first-order valence-electron chi connectivity index (χ1n) is 7.65. The molecule has 4 rings (SSSR count). The molecule has 1 saturated carbocycles. The lowest BCUT2D eigenvalue weighted by atomic mass is 9.87. The van der Waals surface area contributed by atoms with Crippen LogP contribution in [0.2, 0.25) is 0 Å². The predicted molar refractivity (Wildman–Crippen MR) is 89.1 cm³/mol. The van der Waals surface area contributed by atoms with Gasteiger partial charge in [-0.2, -0.15) is 15.9 Å². The van der Waals surface area contributed by atoms with Gasteiger partial charge in [-0.25, -0.2) is 0 Å². The zero-order valence-corrected chi connectivity index (χ0v) is 13.6. The summed E-state index contributed by atoms with van der Waals surface area (Å²) >= 11 is 1.65. The molecule has 0 saturated heterocycles. The van der Waals surface area contributed by atoms with Crippen LogP contribution in [0.4, 0.5) is 5.82 Å². The maximum absolute atomic E-state index is 4.71. The van der Waals surface area contributed by atoms with Gasteiger partial charge in [-0.3, -0.25) is 0 Å². The number of aromatic nitrogens is 4. The molecule has 114 valence electrons. The molecule has 0 aliphatic heterocycles. The molecule has 1 N–H and O–H groups in total. The third-order valence-electron chi connectivity index (χ3n) is 4.62. The average molecular weight is 313 g/mol. The highest BCUT2D eigenvalue weighted by Gasteiger charge is 2.34. The van der Waals surface area contributed by atoms with Crippen LogP contribution in [-0.2, 0) is 0 Å². The SMILES string of the molecule is CC1(C)CCCC1Nc1ccc2nnc(-c3ccsc3)n2n1. The number of fused-ring (bicyclic) bond motifs is 1. The Morgan fingerprint density at radius 2 is 2.18 bits per heavy atom. The van der Waals surface area contributed by atoms with Gasteiger partial charge in [-0.1, -0.05) is 20.3 Å². The van der Waals surface area contributed by atoms with Crippen molar-refractivity contribution in [3.63, 3.8) is 0 Å². The van der Waals surface area contributed by atoms with Crippen LogP contribution in [0.1, 0.15) is 33.1 Å². The summed E-state index contributed by atoms with van der Waals surface area (Å²) in [4.78, 5) is 0. The summed E-state index contributed by atoms with van der Waals surface area (Å²) in [5.74, 6) is 1.69. The lowest BCUT2D eigenvalue weighted by molar-refractivity contribution is 0.349. The topological polar surface area (TPSA) is 55.1 Å². The Hall–Kier alpha value is -1.95. The van der Waals surface area contributed by atoms with Gasteiger partial charge in [0.15, 0.2) is 11.5 Å². The summed E-state index contributed by atoms with van der Waals surface area (Å²) < 4.78 is 1.83. The van der Waals surface area contributed by atoms with Gasteiger partial charge in [-0.05, 0) is 41.8 Å². The van der Waals surface area contributed by atoms with Crippen molar-refractivity contribution in [3.05, 3.63) is 29.0 Å². The summed E-state index contributed by atoms with van der Waals surface area (Å²) in [5.41, 5.74) is 2.15. The maximum Gasteiger partial charge on any atom is 0.186 e. The van der Waals surface area contributed by atoms with Crippen molar-refractivity contribution in [1.29, 1.82) is 0 Å². The highest BCUT2D eigenvalue weighted by Crippen LogP contribution is 2.38. The zero-order valence-electron chi connectivity index (χ0n) is 12.8. The van der Waals surface area contributed by atoms with E-state index < -0.39 is 0 Å². The van der Waals surface area contributed by atoms with E-state index in [-0.39, 0.29) is 0 Å². The number of anilines is 1. The molecule has 22 heavy (non-hydrogen) atoms. The van der Waals surface area contributed by atoms with Crippen LogP contribution in [0.15, 0.2) is 29.0 Å². The number of hydrogen-bond donors (Lipinski definition) is 1. The second kappa shape index (κ2) is 5.05. The van der Waals surface area contributed by atoms with Crippen molar-refractivity contribution in [2.75, 3.05) is 5.32 Å². The average Bonchev–Trinajstić information content (AvgIpc) is 3.19. The minimum absolute atomic E-state index is 0.319. The molecule has 0 radical (unpaired) electrons. The first kappa shape index (κ1) is 13.7. The van der Waals surface area contributed by atoms with Crippen molar-refractivity contribution in [1.82, 2.24) is 19.8 Å². The minimum Gasteiger partial charge on any atom is -0.365 e. The maximum atomic E-state index is 4.71. The normalized spacial score (nSPS) is 20.5. The molecule has 0 amide bonds. The van der Waals surface area contributed by atoms with Crippen LogP contribution in [0.5, 0.6) is 0 Å². The number of rotatable bonds is 3. The van der Waals surface area contributed by atoms with E-state index in [4.69, 9.17) is 5.10 Å². The van der Waals surface area contributed by atoms with Gasteiger partial charge in [0.05, 0.1) is 0 Å². The molecule has 1 aliphatic carbocycles. The summed E-state index contributed by atoms with van der Waals surface area (Å²) in [6.07, 6.45) is 3.74. The van der Waals surface area contributed by atoms with E-state index in [9.17, 15) is 0 Å². The van der Waals surface area contributed by atoms with E-state index in [1.165, 1.54) is 19.3 Å². The third-order valence-corrected chi connectivity index (χ3v) is 5.30. The molecule has 5 nitrogen and oxygen atoms in total. The second-order valence-corrected chi connectivity index (χ2v) is 7.38. The smallest absolute Gasteiger partial charge is 0.186 e. The molecule has 1 aliphatic rings. The van der Waals surface area contributed by atoms with E-state index >= 15 is 0 Å². The molecule has 3 aromatic rings. The Morgan fingerprint density at radius 3 is 2.91 bits per heavy atom. The van der Waals surface area contributed by atoms with E-state index in [1.54, 1.807) is 11.3 Å². The summed E-state index contributed by atoms with van der Waals surface area (Å²) in [6.45, 7) is 4.65. The van der Waals surface area contributed by atoms with E-state index in [2.05, 4.69) is 34.7 Å². The molecule has 1 unspecified atom stereocenters. The number of nitrogens with one attached hydrogen (secondary N) is 1. The van der Waals surface area contributed by atoms with Crippen LogP contribution >= 0.6 is 11.3 Å². The Morgan fingerprint density at radius 1 is 1.27 bits per heavy atom. The first-order valence-corrected chi connectivity index (χ1v) is 8.59. The van der Waals surface area contributed by atoms with Crippen LogP contribution in [0, 0.1) is 5.41 Å². The zero-order chi connectivity index (χ0) is 15.2. The number of nitrogens with zero attached hydrogens (tertiary/aromatic N) is 4. The molecular weight excluding hydrogens is 294 g/mol. The summed E-state index contributed by atoms with van der Waals surface area (Å²) in [6, 6.07) is 6.48. The Labute approximate surface area is 133 Å². The van der Waals surface area contributed by atoms with Gasteiger partial charge in [0, 0.05) is 17.0 Å². The molecule has 0 aromatic carbocycles. The summed E-state index contributed by atoms with van der Waals surface area (Å²) in [7, 11) is 0. The van der Waals surface area contributed by atoms with Gasteiger partial charge in [0.25, 0.3) is 0 Å². The van der Waals surface area contributed by atoms with Gasteiger partial charge < -0.3 is 5.32 Å². The molecule has 3 aromatic heterocycles. The highest BCUT2D eigenvalue weighted by molar-refractivity contribution is 7.08. The minimum atomic E-state index is 0.319. The second-order valence-electron chi connectivity index (χ2n) is 6.60. The predicted octanol–water partition coefficient (Wildman–Crippen LogP) is 3.84. The van der Waals surface area contributed by atoms with Crippen molar-refractivity contribution in [2.24, 2.45) is 5.41 Å². The van der Waals surface area contributed by atoms with Crippen molar-refractivity contribution < 1.29 is 0 Å². The highest BCUT2D eigenvalue weighted by atomic mass is 32.1. The van der Waals surface area contributed by atoms with Crippen molar-refractivity contribution >= 4 is 22.8 Å². The third kappa shape index (κ3) is 2.27. The van der Waals surface area contributed by atoms with Crippen LogP contribution < -0.4 is 5.32 Å². The Bertz CT molecular complexity index is 790. The monoisotopic (exact) mass is 313 g/mol. The molecule has 6 heteroatoms. The fraction of sp³-hybridized carbons (Fsp3) is 0.438. The molecule has 3 heterocycles. The fourth-order valence-corrected chi connectivity index (χ4v) is 3.84. The van der Waals surface area contributed by atoms with Gasteiger partial charge in [0.2, 0.25) is 0 Å². The first-order chi connectivity index (χ1) is 10.6. The van der Waals surface area contributed by atoms with E-state index in [0.717, 1.165) is 22.9 Å². The molecular formula is C16H19N5S. The molecule has 0 spiro atoms. The van der Waals surface area contributed by atoms with E-state index in [0.29, 0.717) is 11.5 Å². The van der Waals surface area contributed by atoms with Gasteiger partial charge >= 0.3 is 0 Å². The van der Waals surface area contributed by atoms with Crippen molar-refractivity contribution in [3.8, 4) is 11.4 Å². The molecule has 0 bridgehead atoms. The Balaban J connectivity index is 1.70. The number of hydrogen-bond acceptors (Lipinski definition) is 5. The Kier molecular flexibility index (Phi) is 3.14. The van der Waals surface area contributed by atoms with E-state index in [1.807, 2.05) is 28.1 Å². The summed E-state index contributed by atoms with van der Waals surface area (Å²) in [5, 5.41) is 20.9. The van der Waals surface area contributed by atoms with Crippen molar-refractivity contribution in [2.45, 2.75) is 39.2 Å². The number of thiophene rings is 1. The van der Waals surface area contributed by atoms with Crippen LogP contribution in [0.25, 0.3) is 17.0 Å². The molecule has 1 fully saturated rings. The quantitative estimate of drug-likeness (QED) is 0.798. The lowest BCUT2D eigenvalue weighted by Gasteiger charge is -2.28. The van der Waals surface area contributed by atoms with Crippen LogP contribution in [-0.4, -0.2) is 25.9 Å². The standard InChI is InChI=1S/C16H19N5S/c1-16(2)8-3-4-12(16)17-13-5-6-14-18-19-15(21(14)20-13)11-7-9-22-10-11/h5-7,9-10,12H,3-4,8H2,1-2H3,(H,17,20). The largest absolute Gasteiger partial charge is 0.365 e. The molecule has 1 atom stereocenters.